The Labute approximate surface area is 130 Å². The maximum Gasteiger partial charge on any atom is 0.0552 e. The Kier molecular flexibility index (Phi) is 5.69. The Morgan fingerprint density at radius 3 is 2.52 bits per heavy atom. The van der Waals surface area contributed by atoms with Crippen molar-refractivity contribution in [3.05, 3.63) is 0 Å². The fourth-order valence-electron chi connectivity index (χ4n) is 3.52. The fourth-order valence-corrected chi connectivity index (χ4v) is 3.52. The molecule has 21 heavy (non-hydrogen) atoms. The van der Waals surface area contributed by atoms with E-state index in [4.69, 9.17) is 4.74 Å². The molecule has 124 valence electrons. The molecular weight excluding hydrogens is 264 g/mol. The summed E-state index contributed by atoms with van der Waals surface area (Å²) in [7, 11) is 0. The van der Waals surface area contributed by atoms with Crippen molar-refractivity contribution in [1.29, 1.82) is 0 Å². The maximum absolute atomic E-state index is 9.79. The van der Waals surface area contributed by atoms with Gasteiger partial charge in [-0.15, -0.1) is 0 Å². The van der Waals surface area contributed by atoms with Crippen LogP contribution in [0.25, 0.3) is 0 Å². The summed E-state index contributed by atoms with van der Waals surface area (Å²) in [5, 5.41) is 13.5. The van der Waals surface area contributed by atoms with E-state index in [-0.39, 0.29) is 11.6 Å². The summed E-state index contributed by atoms with van der Waals surface area (Å²) in [4.78, 5) is 2.56. The third-order valence-corrected chi connectivity index (χ3v) is 5.10. The van der Waals surface area contributed by atoms with Crippen molar-refractivity contribution in [2.45, 2.75) is 58.6 Å². The van der Waals surface area contributed by atoms with Crippen LogP contribution >= 0.6 is 0 Å². The molecule has 2 heterocycles. The van der Waals surface area contributed by atoms with Gasteiger partial charge < -0.3 is 20.1 Å². The van der Waals surface area contributed by atoms with Gasteiger partial charge in [0.15, 0.2) is 0 Å². The third kappa shape index (κ3) is 5.20. The number of likely N-dealkylation sites (tertiary alicyclic amines) is 1. The average Bonchev–Trinajstić information content (AvgIpc) is 2.85. The minimum absolute atomic E-state index is 0.165. The van der Waals surface area contributed by atoms with Gasteiger partial charge in [-0.3, -0.25) is 0 Å². The quantitative estimate of drug-likeness (QED) is 0.813. The minimum atomic E-state index is -0.173. The van der Waals surface area contributed by atoms with Crippen molar-refractivity contribution in [3.63, 3.8) is 0 Å². The zero-order valence-corrected chi connectivity index (χ0v) is 14.3. The predicted octanol–water partition coefficient (Wildman–Crippen LogP) is 1.87. The van der Waals surface area contributed by atoms with Crippen molar-refractivity contribution in [1.82, 2.24) is 10.2 Å². The molecule has 0 aromatic heterocycles. The van der Waals surface area contributed by atoms with Crippen LogP contribution in [0.1, 0.15) is 47.0 Å². The Morgan fingerprint density at radius 2 is 2.00 bits per heavy atom. The smallest absolute Gasteiger partial charge is 0.0552 e. The highest BCUT2D eigenvalue weighted by atomic mass is 16.5. The molecule has 2 fully saturated rings. The van der Waals surface area contributed by atoms with E-state index in [0.29, 0.717) is 11.3 Å². The van der Waals surface area contributed by atoms with Crippen LogP contribution in [0.15, 0.2) is 0 Å². The molecule has 0 aromatic carbocycles. The van der Waals surface area contributed by atoms with E-state index in [1.807, 2.05) is 6.92 Å². The largest absolute Gasteiger partial charge is 0.393 e. The standard InChI is InChI=1S/C17H34N2O2/c1-14(20)15-5-8-19(11-15)13-17(6-9-21-10-7-17)12-18-16(2,3)4/h14-15,18,20H,5-13H2,1-4H3. The molecule has 2 atom stereocenters. The van der Waals surface area contributed by atoms with Crippen LogP contribution in [0.2, 0.25) is 0 Å². The second kappa shape index (κ2) is 6.95. The second-order valence-electron chi connectivity index (χ2n) is 8.24. The van der Waals surface area contributed by atoms with Gasteiger partial charge in [0.25, 0.3) is 0 Å². The molecule has 0 spiro atoms. The van der Waals surface area contributed by atoms with Gasteiger partial charge in [0.05, 0.1) is 6.10 Å². The topological polar surface area (TPSA) is 44.7 Å². The highest BCUT2D eigenvalue weighted by molar-refractivity contribution is 4.91. The number of nitrogens with one attached hydrogen (secondary N) is 1. The molecule has 0 bridgehead atoms. The summed E-state index contributed by atoms with van der Waals surface area (Å²) in [6.45, 7) is 14.8. The highest BCUT2D eigenvalue weighted by Crippen LogP contribution is 2.33. The van der Waals surface area contributed by atoms with E-state index >= 15 is 0 Å². The molecule has 2 saturated heterocycles. The van der Waals surface area contributed by atoms with E-state index in [2.05, 4.69) is 31.0 Å². The number of aliphatic hydroxyl groups excluding tert-OH is 1. The molecule has 0 saturated carbocycles. The van der Waals surface area contributed by atoms with Crippen LogP contribution in [-0.2, 0) is 4.74 Å². The lowest BCUT2D eigenvalue weighted by atomic mass is 9.79. The Bertz CT molecular complexity index is 319. The van der Waals surface area contributed by atoms with Crippen LogP contribution in [0.4, 0.5) is 0 Å². The maximum atomic E-state index is 9.79. The first kappa shape index (κ1) is 17.2. The molecular formula is C17H34N2O2. The molecule has 0 aliphatic carbocycles. The summed E-state index contributed by atoms with van der Waals surface area (Å²) in [6, 6.07) is 0. The molecule has 0 aromatic rings. The lowest BCUT2D eigenvalue weighted by Gasteiger charge is -2.42. The number of ether oxygens (including phenoxy) is 1. The van der Waals surface area contributed by atoms with E-state index in [1.54, 1.807) is 0 Å². The van der Waals surface area contributed by atoms with Crippen molar-refractivity contribution in [3.8, 4) is 0 Å². The number of rotatable bonds is 5. The number of hydrogen-bond donors (Lipinski definition) is 2. The molecule has 2 N–H and O–H groups in total. The van der Waals surface area contributed by atoms with E-state index < -0.39 is 0 Å². The Balaban J connectivity index is 1.93. The third-order valence-electron chi connectivity index (χ3n) is 5.10. The van der Waals surface area contributed by atoms with Gasteiger partial charge in [0, 0.05) is 38.4 Å². The number of nitrogens with zero attached hydrogens (tertiary/aromatic N) is 1. The normalized spacial score (nSPS) is 28.7. The van der Waals surface area contributed by atoms with Crippen LogP contribution in [-0.4, -0.2) is 61.0 Å². The lowest BCUT2D eigenvalue weighted by molar-refractivity contribution is -0.00513. The molecule has 2 aliphatic heterocycles. The first-order valence-electron chi connectivity index (χ1n) is 8.53. The fraction of sp³-hybridized carbons (Fsp3) is 1.00. The molecule has 2 unspecified atom stereocenters. The van der Waals surface area contributed by atoms with Crippen molar-refractivity contribution in [2.75, 3.05) is 39.4 Å². The average molecular weight is 298 g/mol. The van der Waals surface area contributed by atoms with Crippen LogP contribution in [0.5, 0.6) is 0 Å². The summed E-state index contributed by atoms with van der Waals surface area (Å²) < 4.78 is 5.59. The minimum Gasteiger partial charge on any atom is -0.393 e. The Morgan fingerprint density at radius 1 is 1.33 bits per heavy atom. The molecule has 2 aliphatic rings. The van der Waals surface area contributed by atoms with Crippen molar-refractivity contribution >= 4 is 0 Å². The SMILES string of the molecule is CC(O)C1CCN(CC2(CNC(C)(C)C)CCOCC2)C1. The summed E-state index contributed by atoms with van der Waals surface area (Å²) in [6.07, 6.45) is 3.25. The number of aliphatic hydroxyl groups is 1. The highest BCUT2D eigenvalue weighted by Gasteiger charge is 2.37. The molecule has 2 rings (SSSR count). The van der Waals surface area contributed by atoms with Crippen molar-refractivity contribution < 1.29 is 9.84 Å². The van der Waals surface area contributed by atoms with Gasteiger partial charge in [0.2, 0.25) is 0 Å². The van der Waals surface area contributed by atoms with E-state index in [9.17, 15) is 5.11 Å². The molecule has 0 radical (unpaired) electrons. The predicted molar refractivity (Wildman–Crippen MR) is 86.5 cm³/mol. The summed E-state index contributed by atoms with van der Waals surface area (Å²) in [5.41, 5.74) is 0.498. The van der Waals surface area contributed by atoms with E-state index in [1.165, 1.54) is 0 Å². The van der Waals surface area contributed by atoms with Crippen LogP contribution in [0.3, 0.4) is 0 Å². The van der Waals surface area contributed by atoms with Gasteiger partial charge in [0.1, 0.15) is 0 Å². The van der Waals surface area contributed by atoms with Gasteiger partial charge in [-0.25, -0.2) is 0 Å². The van der Waals surface area contributed by atoms with Gasteiger partial charge in [-0.05, 0) is 64.8 Å². The monoisotopic (exact) mass is 298 g/mol. The molecule has 4 nitrogen and oxygen atoms in total. The second-order valence-corrected chi connectivity index (χ2v) is 8.24. The first-order chi connectivity index (χ1) is 9.80. The zero-order valence-electron chi connectivity index (χ0n) is 14.3. The van der Waals surface area contributed by atoms with Crippen LogP contribution < -0.4 is 5.32 Å². The Hall–Kier alpha value is -0.160. The van der Waals surface area contributed by atoms with Crippen molar-refractivity contribution in [2.24, 2.45) is 11.3 Å². The van der Waals surface area contributed by atoms with Gasteiger partial charge in [-0.2, -0.15) is 0 Å². The molecule has 4 heteroatoms. The lowest BCUT2D eigenvalue weighted by Crippen LogP contribution is -2.51. The molecule has 0 amide bonds. The summed E-state index contributed by atoms with van der Waals surface area (Å²) in [5.74, 6) is 0.456. The number of hydrogen-bond acceptors (Lipinski definition) is 4. The zero-order chi connectivity index (χ0) is 15.5. The van der Waals surface area contributed by atoms with Gasteiger partial charge >= 0.3 is 0 Å². The first-order valence-corrected chi connectivity index (χ1v) is 8.53. The van der Waals surface area contributed by atoms with Crippen LogP contribution in [0, 0.1) is 11.3 Å². The van der Waals surface area contributed by atoms with Gasteiger partial charge in [-0.1, -0.05) is 0 Å². The van der Waals surface area contributed by atoms with E-state index in [0.717, 1.165) is 58.7 Å². The summed E-state index contributed by atoms with van der Waals surface area (Å²) >= 11 is 0.